The third-order valence-electron chi connectivity index (χ3n) is 2.78. The van der Waals surface area contributed by atoms with Crippen LogP contribution in [0.5, 0.6) is 0 Å². The molecule has 0 N–H and O–H groups in total. The summed E-state index contributed by atoms with van der Waals surface area (Å²) in [5.41, 5.74) is 0. The maximum Gasteiger partial charge on any atom is 0.289 e. The summed E-state index contributed by atoms with van der Waals surface area (Å²) >= 11 is 0. The van der Waals surface area contributed by atoms with E-state index in [1.165, 1.54) is 0 Å². The highest BCUT2D eigenvalue weighted by molar-refractivity contribution is 5.91. The molecule has 0 saturated heterocycles. The van der Waals surface area contributed by atoms with Gasteiger partial charge >= 0.3 is 0 Å². The molecule has 0 aliphatic heterocycles. The molecule has 1 amide bonds. The quantitative estimate of drug-likeness (QED) is 0.726. The summed E-state index contributed by atoms with van der Waals surface area (Å²) in [5.74, 6) is 1.08. The van der Waals surface area contributed by atoms with Crippen LogP contribution in [0, 0.1) is 5.92 Å². The van der Waals surface area contributed by atoms with Gasteiger partial charge in [-0.2, -0.15) is 0 Å². The Balaban J connectivity index is 2.58. The number of amides is 1. The lowest BCUT2D eigenvalue weighted by Gasteiger charge is -2.22. The van der Waals surface area contributed by atoms with Crippen LogP contribution in [0.15, 0.2) is 22.8 Å². The highest BCUT2D eigenvalue weighted by Crippen LogP contribution is 2.10. The Kier molecular flexibility index (Phi) is 5.81. The second-order valence-electron chi connectivity index (χ2n) is 4.81. The third kappa shape index (κ3) is 4.63. The lowest BCUT2D eigenvalue weighted by Crippen LogP contribution is -2.33. The maximum atomic E-state index is 12.2. The first-order valence-electron chi connectivity index (χ1n) is 6.48. The molecule has 1 aromatic rings. The van der Waals surface area contributed by atoms with E-state index in [9.17, 15) is 4.79 Å². The van der Waals surface area contributed by atoms with Crippen molar-refractivity contribution >= 4 is 5.91 Å². The van der Waals surface area contributed by atoms with Gasteiger partial charge in [0.25, 0.3) is 5.91 Å². The number of hydrogen-bond acceptors (Lipinski definition) is 2. The number of carbonyl (C=O) groups excluding carboxylic acids is 1. The van der Waals surface area contributed by atoms with Gasteiger partial charge in [0.05, 0.1) is 6.26 Å². The Morgan fingerprint density at radius 3 is 2.71 bits per heavy atom. The van der Waals surface area contributed by atoms with Gasteiger partial charge in [0, 0.05) is 13.1 Å². The normalized spacial score (nSPS) is 10.8. The van der Waals surface area contributed by atoms with E-state index in [0.717, 1.165) is 32.4 Å². The van der Waals surface area contributed by atoms with Crippen molar-refractivity contribution in [2.45, 2.75) is 40.0 Å². The smallest absolute Gasteiger partial charge is 0.289 e. The monoisotopic (exact) mass is 237 g/mol. The minimum absolute atomic E-state index is 0.0177. The van der Waals surface area contributed by atoms with Gasteiger partial charge in [-0.3, -0.25) is 4.79 Å². The molecule has 0 spiro atoms. The molecule has 0 aromatic carbocycles. The van der Waals surface area contributed by atoms with Crippen molar-refractivity contribution in [1.82, 2.24) is 4.90 Å². The Bertz CT molecular complexity index is 317. The van der Waals surface area contributed by atoms with Crippen LogP contribution in [0.4, 0.5) is 0 Å². The van der Waals surface area contributed by atoms with E-state index in [2.05, 4.69) is 20.8 Å². The first kappa shape index (κ1) is 13.8. The van der Waals surface area contributed by atoms with Crippen LogP contribution in [0.2, 0.25) is 0 Å². The average molecular weight is 237 g/mol. The van der Waals surface area contributed by atoms with E-state index >= 15 is 0 Å². The zero-order chi connectivity index (χ0) is 12.7. The van der Waals surface area contributed by atoms with Crippen molar-refractivity contribution in [3.8, 4) is 0 Å². The summed E-state index contributed by atoms with van der Waals surface area (Å²) in [5, 5.41) is 0. The van der Waals surface area contributed by atoms with Crippen LogP contribution in [-0.4, -0.2) is 23.9 Å². The van der Waals surface area contributed by atoms with Crippen LogP contribution in [0.25, 0.3) is 0 Å². The number of hydrogen-bond donors (Lipinski definition) is 0. The van der Waals surface area contributed by atoms with E-state index in [-0.39, 0.29) is 5.91 Å². The van der Waals surface area contributed by atoms with Crippen molar-refractivity contribution in [1.29, 1.82) is 0 Å². The number of unbranched alkanes of at least 4 members (excludes halogenated alkanes) is 1. The highest BCUT2D eigenvalue weighted by Gasteiger charge is 2.17. The van der Waals surface area contributed by atoms with Gasteiger partial charge in [-0.25, -0.2) is 0 Å². The second-order valence-corrected chi connectivity index (χ2v) is 4.81. The maximum absolute atomic E-state index is 12.2. The molecule has 0 saturated carbocycles. The minimum atomic E-state index is 0.0177. The summed E-state index contributed by atoms with van der Waals surface area (Å²) in [6.45, 7) is 8.13. The average Bonchev–Trinajstić information content (AvgIpc) is 2.81. The van der Waals surface area contributed by atoms with Gasteiger partial charge in [-0.1, -0.05) is 27.2 Å². The molecule has 1 heterocycles. The Labute approximate surface area is 104 Å². The molecule has 0 atom stereocenters. The third-order valence-corrected chi connectivity index (χ3v) is 2.78. The Morgan fingerprint density at radius 2 is 2.18 bits per heavy atom. The van der Waals surface area contributed by atoms with E-state index in [4.69, 9.17) is 4.42 Å². The Morgan fingerprint density at radius 1 is 1.41 bits per heavy atom. The van der Waals surface area contributed by atoms with Crippen LogP contribution < -0.4 is 0 Å². The van der Waals surface area contributed by atoms with E-state index < -0.39 is 0 Å². The first-order chi connectivity index (χ1) is 8.15. The summed E-state index contributed by atoms with van der Waals surface area (Å²) in [6, 6.07) is 3.49. The van der Waals surface area contributed by atoms with Crippen molar-refractivity contribution in [3.05, 3.63) is 24.2 Å². The molecular formula is C14H23NO2. The predicted molar refractivity (Wildman–Crippen MR) is 69.0 cm³/mol. The van der Waals surface area contributed by atoms with Crippen molar-refractivity contribution in [2.24, 2.45) is 5.92 Å². The number of furan rings is 1. The molecule has 0 aliphatic carbocycles. The van der Waals surface area contributed by atoms with Crippen LogP contribution >= 0.6 is 0 Å². The first-order valence-corrected chi connectivity index (χ1v) is 6.48. The number of nitrogens with zero attached hydrogens (tertiary/aromatic N) is 1. The summed E-state index contributed by atoms with van der Waals surface area (Å²) < 4.78 is 5.17. The van der Waals surface area contributed by atoms with Crippen LogP contribution in [0.3, 0.4) is 0 Å². The topological polar surface area (TPSA) is 33.5 Å². The molecule has 3 nitrogen and oxygen atoms in total. The zero-order valence-corrected chi connectivity index (χ0v) is 11.1. The standard InChI is InChI=1S/C14H23NO2/c1-4-5-9-15(10-8-12(2)3)14(16)13-7-6-11-17-13/h6-7,11-12H,4-5,8-10H2,1-3H3. The van der Waals surface area contributed by atoms with Crippen LogP contribution in [0.1, 0.15) is 50.6 Å². The largest absolute Gasteiger partial charge is 0.459 e. The fourth-order valence-corrected chi connectivity index (χ4v) is 1.63. The predicted octanol–water partition coefficient (Wildman–Crippen LogP) is 3.57. The molecule has 0 unspecified atom stereocenters. The van der Waals surface area contributed by atoms with Gasteiger partial charge < -0.3 is 9.32 Å². The molecule has 17 heavy (non-hydrogen) atoms. The summed E-state index contributed by atoms with van der Waals surface area (Å²) in [7, 11) is 0. The summed E-state index contributed by atoms with van der Waals surface area (Å²) in [6.07, 6.45) is 4.73. The van der Waals surface area contributed by atoms with Crippen LogP contribution in [-0.2, 0) is 0 Å². The molecule has 0 aliphatic rings. The molecule has 0 bridgehead atoms. The van der Waals surface area contributed by atoms with Crippen molar-refractivity contribution in [3.63, 3.8) is 0 Å². The summed E-state index contributed by atoms with van der Waals surface area (Å²) in [4.78, 5) is 14.1. The Hall–Kier alpha value is -1.25. The number of carbonyl (C=O) groups is 1. The molecule has 0 radical (unpaired) electrons. The SMILES string of the molecule is CCCCN(CCC(C)C)C(=O)c1ccco1. The minimum Gasteiger partial charge on any atom is -0.459 e. The number of rotatable bonds is 7. The zero-order valence-electron chi connectivity index (χ0n) is 11.1. The van der Waals surface area contributed by atoms with Gasteiger partial charge in [-0.15, -0.1) is 0 Å². The molecular weight excluding hydrogens is 214 g/mol. The molecule has 3 heteroatoms. The van der Waals surface area contributed by atoms with E-state index in [1.54, 1.807) is 18.4 Å². The highest BCUT2D eigenvalue weighted by atomic mass is 16.3. The van der Waals surface area contributed by atoms with E-state index in [0.29, 0.717) is 11.7 Å². The molecule has 0 fully saturated rings. The second kappa shape index (κ2) is 7.15. The fraction of sp³-hybridized carbons (Fsp3) is 0.643. The van der Waals surface area contributed by atoms with Crippen molar-refractivity contribution < 1.29 is 9.21 Å². The molecule has 1 aromatic heterocycles. The fourth-order valence-electron chi connectivity index (χ4n) is 1.63. The van der Waals surface area contributed by atoms with Gasteiger partial charge in [0.2, 0.25) is 0 Å². The lowest BCUT2D eigenvalue weighted by molar-refractivity contribution is 0.0714. The van der Waals surface area contributed by atoms with Gasteiger partial charge in [0.15, 0.2) is 5.76 Å². The lowest BCUT2D eigenvalue weighted by atomic mass is 10.1. The molecule has 1 rings (SSSR count). The van der Waals surface area contributed by atoms with Gasteiger partial charge in [-0.05, 0) is 30.9 Å². The molecule has 96 valence electrons. The van der Waals surface area contributed by atoms with Gasteiger partial charge in [0.1, 0.15) is 0 Å². The van der Waals surface area contributed by atoms with Crippen molar-refractivity contribution in [2.75, 3.05) is 13.1 Å². The van der Waals surface area contributed by atoms with E-state index in [1.807, 2.05) is 4.90 Å².